The van der Waals surface area contributed by atoms with Gasteiger partial charge in [0.25, 0.3) is 5.56 Å². The van der Waals surface area contributed by atoms with Crippen molar-refractivity contribution in [3.8, 4) is 0 Å². The highest BCUT2D eigenvalue weighted by Crippen LogP contribution is 2.24. The second kappa shape index (κ2) is 7.95. The number of aromatic nitrogens is 4. The highest BCUT2D eigenvalue weighted by molar-refractivity contribution is 7.59. The van der Waals surface area contributed by atoms with E-state index in [1.165, 1.54) is 4.57 Å². The van der Waals surface area contributed by atoms with E-state index in [1.54, 1.807) is 37.9 Å². The summed E-state index contributed by atoms with van der Waals surface area (Å²) in [5.41, 5.74) is -0.154. The van der Waals surface area contributed by atoms with Crippen LogP contribution in [0.5, 0.6) is 0 Å². The van der Waals surface area contributed by atoms with Crippen molar-refractivity contribution in [3.05, 3.63) is 47.3 Å². The maximum atomic E-state index is 12.5. The van der Waals surface area contributed by atoms with Crippen molar-refractivity contribution < 1.29 is 5.11 Å². The largest absolute Gasteiger partial charge is 0.394 e. The highest BCUT2D eigenvalue weighted by Gasteiger charge is 2.13. The lowest BCUT2D eigenvalue weighted by Crippen LogP contribution is -2.23. The van der Waals surface area contributed by atoms with E-state index in [9.17, 15) is 9.90 Å². The van der Waals surface area contributed by atoms with Crippen LogP contribution in [0.3, 0.4) is 0 Å². The Labute approximate surface area is 151 Å². The Morgan fingerprint density at radius 1 is 1.32 bits per heavy atom. The van der Waals surface area contributed by atoms with Gasteiger partial charge in [0.05, 0.1) is 18.2 Å². The van der Waals surface area contributed by atoms with Crippen LogP contribution >= 0.6 is 13.5 Å². The van der Waals surface area contributed by atoms with Crippen molar-refractivity contribution in [1.82, 2.24) is 19.5 Å². The fourth-order valence-electron chi connectivity index (χ4n) is 2.30. The van der Waals surface area contributed by atoms with Gasteiger partial charge in [-0.15, -0.1) is 0 Å². The molecule has 3 N–H and O–H groups in total. The summed E-state index contributed by atoms with van der Waals surface area (Å²) < 4.78 is 1.49. The molecule has 0 aromatic carbocycles. The minimum Gasteiger partial charge on any atom is -0.394 e. The summed E-state index contributed by atoms with van der Waals surface area (Å²) in [5, 5.41) is 16.7. The number of rotatable bonds is 5. The van der Waals surface area contributed by atoms with Gasteiger partial charge in [0, 0.05) is 31.7 Å². The van der Waals surface area contributed by atoms with E-state index in [-0.39, 0.29) is 31.7 Å². The van der Waals surface area contributed by atoms with Crippen molar-refractivity contribution in [2.75, 3.05) is 17.2 Å². The average Bonchev–Trinajstić information content (AvgIpc) is 2.59. The van der Waals surface area contributed by atoms with Crippen LogP contribution in [0.15, 0.2) is 41.7 Å². The molecule has 0 aliphatic rings. The Morgan fingerprint density at radius 3 is 2.80 bits per heavy atom. The fraction of sp³-hybridized carbons (Fsp3) is 0.250. The first-order valence-electron chi connectivity index (χ1n) is 7.49. The van der Waals surface area contributed by atoms with Gasteiger partial charge in [0.1, 0.15) is 17.5 Å². The normalized spacial score (nSPS) is 11.6. The maximum Gasteiger partial charge on any atom is 0.261 e. The molecule has 3 aromatic heterocycles. The number of hydrogen-bond acceptors (Lipinski definition) is 7. The molecule has 0 amide bonds. The zero-order chi connectivity index (χ0) is 17.1. The third-order valence-electron chi connectivity index (χ3n) is 3.54. The van der Waals surface area contributed by atoms with Crippen molar-refractivity contribution in [2.24, 2.45) is 7.05 Å². The molecule has 25 heavy (non-hydrogen) atoms. The molecule has 0 aliphatic heterocycles. The van der Waals surface area contributed by atoms with Gasteiger partial charge in [0.2, 0.25) is 0 Å². The predicted octanol–water partition coefficient (Wildman–Crippen LogP) is 1.37. The van der Waals surface area contributed by atoms with Gasteiger partial charge in [-0.2, -0.15) is 13.5 Å². The molecule has 0 saturated carbocycles. The minimum absolute atomic E-state index is 0. The van der Waals surface area contributed by atoms with Crippen molar-refractivity contribution in [2.45, 2.75) is 13.0 Å². The van der Waals surface area contributed by atoms with Crippen LogP contribution in [-0.2, 0) is 7.05 Å². The second-order valence-corrected chi connectivity index (χ2v) is 5.50. The number of pyridine rings is 2. The Balaban J connectivity index is 0.00000225. The van der Waals surface area contributed by atoms with E-state index in [1.807, 2.05) is 13.0 Å². The van der Waals surface area contributed by atoms with Crippen LogP contribution < -0.4 is 16.2 Å². The summed E-state index contributed by atoms with van der Waals surface area (Å²) >= 11 is 0. The van der Waals surface area contributed by atoms with E-state index in [0.29, 0.717) is 22.8 Å². The molecular weight excluding hydrogens is 340 g/mol. The molecule has 9 heteroatoms. The average molecular weight is 360 g/mol. The lowest BCUT2D eigenvalue weighted by molar-refractivity contribution is 0.281. The Hall–Kier alpha value is -2.65. The molecule has 8 nitrogen and oxygen atoms in total. The smallest absolute Gasteiger partial charge is 0.261 e. The monoisotopic (exact) mass is 360 g/mol. The standard InChI is InChI=1S/C16H18N6O2.H2S/c1-10(9-23)19-15-14-11(3-6-22(2)16(14)24)7-12(21-15)20-13-8-17-4-5-18-13;/h3-8,10,23H,9H2,1-2H3,(H2,18,19,20,21);1H2/t10-;/m0./s1. The van der Waals surface area contributed by atoms with Gasteiger partial charge in [-0.3, -0.25) is 9.78 Å². The van der Waals surface area contributed by atoms with E-state index >= 15 is 0 Å². The fourth-order valence-corrected chi connectivity index (χ4v) is 2.30. The summed E-state index contributed by atoms with van der Waals surface area (Å²) in [6, 6.07) is 3.38. The van der Waals surface area contributed by atoms with Crippen LogP contribution in [0.25, 0.3) is 10.8 Å². The summed E-state index contributed by atoms with van der Waals surface area (Å²) in [4.78, 5) is 25.1. The zero-order valence-electron chi connectivity index (χ0n) is 13.9. The molecule has 0 unspecified atom stereocenters. The molecule has 0 spiro atoms. The third kappa shape index (κ3) is 4.06. The first-order valence-corrected chi connectivity index (χ1v) is 7.49. The topological polar surface area (TPSA) is 105 Å². The van der Waals surface area contributed by atoms with Crippen molar-refractivity contribution in [1.29, 1.82) is 0 Å². The van der Waals surface area contributed by atoms with E-state index in [4.69, 9.17) is 0 Å². The molecule has 132 valence electrons. The number of anilines is 3. The minimum atomic E-state index is -0.239. The number of nitrogens with zero attached hydrogens (tertiary/aromatic N) is 4. The summed E-state index contributed by atoms with van der Waals surface area (Å²) in [6.07, 6.45) is 6.44. The summed E-state index contributed by atoms with van der Waals surface area (Å²) in [6.45, 7) is 1.74. The second-order valence-electron chi connectivity index (χ2n) is 5.50. The van der Waals surface area contributed by atoms with Crippen LogP contribution in [0.1, 0.15) is 6.92 Å². The van der Waals surface area contributed by atoms with Gasteiger partial charge in [-0.25, -0.2) is 9.97 Å². The van der Waals surface area contributed by atoms with Gasteiger partial charge in [-0.1, -0.05) is 0 Å². The molecule has 0 saturated heterocycles. The quantitative estimate of drug-likeness (QED) is 0.631. The Kier molecular flexibility index (Phi) is 5.94. The molecule has 0 radical (unpaired) electrons. The van der Waals surface area contributed by atoms with Crippen LogP contribution in [0.4, 0.5) is 17.5 Å². The maximum absolute atomic E-state index is 12.5. The molecular formula is C16H20N6O2S. The van der Waals surface area contributed by atoms with Crippen LogP contribution in [0.2, 0.25) is 0 Å². The lowest BCUT2D eigenvalue weighted by Gasteiger charge is -2.15. The number of aliphatic hydroxyl groups is 1. The number of aryl methyl sites for hydroxylation is 1. The van der Waals surface area contributed by atoms with Crippen LogP contribution in [0, 0.1) is 0 Å². The number of nitrogens with one attached hydrogen (secondary N) is 2. The zero-order valence-corrected chi connectivity index (χ0v) is 14.9. The molecule has 3 heterocycles. The van der Waals surface area contributed by atoms with E-state index < -0.39 is 0 Å². The predicted molar refractivity (Wildman–Crippen MR) is 103 cm³/mol. The number of hydrogen-bond donors (Lipinski definition) is 3. The molecule has 0 fully saturated rings. The molecule has 3 aromatic rings. The van der Waals surface area contributed by atoms with Gasteiger partial charge < -0.3 is 20.3 Å². The third-order valence-corrected chi connectivity index (χ3v) is 3.54. The first kappa shape index (κ1) is 18.7. The molecule has 1 atom stereocenters. The van der Waals surface area contributed by atoms with E-state index in [2.05, 4.69) is 25.6 Å². The van der Waals surface area contributed by atoms with Crippen LogP contribution in [-0.4, -0.2) is 37.3 Å². The summed E-state index contributed by atoms with van der Waals surface area (Å²) in [7, 11) is 1.69. The van der Waals surface area contributed by atoms with Crippen molar-refractivity contribution >= 4 is 41.7 Å². The molecule has 0 aliphatic carbocycles. The first-order chi connectivity index (χ1) is 11.6. The van der Waals surface area contributed by atoms with E-state index in [0.717, 1.165) is 5.39 Å². The number of fused-ring (bicyclic) bond motifs is 1. The molecule has 3 rings (SSSR count). The molecule has 0 bridgehead atoms. The highest BCUT2D eigenvalue weighted by atomic mass is 32.1. The number of aliphatic hydroxyl groups excluding tert-OH is 1. The van der Waals surface area contributed by atoms with Gasteiger partial charge >= 0.3 is 0 Å². The Bertz CT molecular complexity index is 916. The van der Waals surface area contributed by atoms with Crippen molar-refractivity contribution in [3.63, 3.8) is 0 Å². The van der Waals surface area contributed by atoms with Gasteiger partial charge in [-0.05, 0) is 24.4 Å². The Morgan fingerprint density at radius 2 is 2.12 bits per heavy atom. The van der Waals surface area contributed by atoms with Gasteiger partial charge in [0.15, 0.2) is 0 Å². The lowest BCUT2D eigenvalue weighted by atomic mass is 10.2. The SMILES string of the molecule is C[C@@H](CO)Nc1nc(Nc2cnccn2)cc2ccn(C)c(=O)c12.S. The summed E-state index contributed by atoms with van der Waals surface area (Å²) in [5.74, 6) is 1.50.